The zero-order valence-electron chi connectivity index (χ0n) is 52.3. The molecule has 1 unspecified atom stereocenters. The third-order valence-corrected chi connectivity index (χ3v) is 14.2. The van der Waals surface area contributed by atoms with E-state index in [1.54, 1.807) is 0 Å². The van der Waals surface area contributed by atoms with Gasteiger partial charge in [-0.15, -0.1) is 0 Å². The molecule has 0 saturated carbocycles. The lowest BCUT2D eigenvalue weighted by molar-refractivity contribution is -0.167. The largest absolute Gasteiger partial charge is 0.462 e. The molecule has 456 valence electrons. The Kier molecular flexibility index (Phi) is 63.8. The van der Waals surface area contributed by atoms with Gasteiger partial charge in [-0.3, -0.25) is 14.4 Å². The van der Waals surface area contributed by atoms with Gasteiger partial charge in [0.05, 0.1) is 0 Å². The average Bonchev–Trinajstić information content (AvgIpc) is 3.46. The summed E-state index contributed by atoms with van der Waals surface area (Å²) in [5.41, 5.74) is 0. The SMILES string of the molecule is CC/C=C\C/C=C\C/C=C\C/C=C\C/C=C\C/C=C\C/C=C\C/C=C\CCCCCCCCCCC(=O)OCC(COC(=O)CCCCCCCCCC)OC(=O)CCCCCCCCCCC/C=C\C/C=C\CCCCCCC. The molecule has 0 amide bonds. The molecule has 0 aliphatic heterocycles. The Balaban J connectivity index is 4.19. The molecule has 0 aromatic heterocycles. The van der Waals surface area contributed by atoms with Crippen LogP contribution in [0.1, 0.15) is 310 Å². The standard InChI is InChI=1S/C74H124O6/c1-4-7-10-13-16-19-21-23-25-27-29-31-32-33-34-35-36-37-38-39-40-41-42-44-45-47-49-51-53-55-58-61-64-67-73(76)79-70-71(69-78-72(75)66-63-60-57-18-15-12-9-6-3)80-74(77)68-65-62-59-56-54-52-50-48-46-43-30-28-26-24-22-20-17-14-11-8-5-2/h7,10,16,19,22-25,28-31,33-34,36-37,39-40,42,44,71H,4-6,8-9,11-15,17-18,20-21,26-27,32,35,38,41,43,45-70H2,1-3H3/b10-7-,19-16-,24-22-,25-23-,30-28-,31-29-,34-33-,37-36-,40-39-,44-42-. The van der Waals surface area contributed by atoms with Crippen molar-refractivity contribution in [3.63, 3.8) is 0 Å². The molecule has 0 spiro atoms. The highest BCUT2D eigenvalue weighted by Crippen LogP contribution is 2.16. The van der Waals surface area contributed by atoms with Crippen LogP contribution in [-0.2, 0) is 28.6 Å². The van der Waals surface area contributed by atoms with Crippen LogP contribution in [0.15, 0.2) is 122 Å². The number of hydrogen-bond donors (Lipinski definition) is 0. The van der Waals surface area contributed by atoms with Crippen LogP contribution in [0.5, 0.6) is 0 Å². The summed E-state index contributed by atoms with van der Waals surface area (Å²) in [5.74, 6) is -0.893. The van der Waals surface area contributed by atoms with Crippen molar-refractivity contribution < 1.29 is 28.6 Å². The smallest absolute Gasteiger partial charge is 0.306 e. The first-order valence-electron chi connectivity index (χ1n) is 33.5. The Bertz CT molecular complexity index is 1650. The molecule has 0 aliphatic rings. The maximum atomic E-state index is 12.9. The molecule has 0 radical (unpaired) electrons. The average molecular weight is 1110 g/mol. The molecule has 0 aromatic carbocycles. The molecule has 0 N–H and O–H groups in total. The fourth-order valence-electron chi connectivity index (χ4n) is 9.20. The van der Waals surface area contributed by atoms with Crippen molar-refractivity contribution in [3.8, 4) is 0 Å². The number of allylic oxidation sites excluding steroid dienone is 20. The molecule has 6 heteroatoms. The molecule has 0 saturated heterocycles. The van der Waals surface area contributed by atoms with Crippen molar-refractivity contribution >= 4 is 17.9 Å². The molecule has 6 nitrogen and oxygen atoms in total. The molecule has 0 aromatic rings. The Morgan fingerprint density at radius 3 is 0.762 bits per heavy atom. The maximum Gasteiger partial charge on any atom is 0.306 e. The van der Waals surface area contributed by atoms with Gasteiger partial charge >= 0.3 is 17.9 Å². The van der Waals surface area contributed by atoms with E-state index < -0.39 is 6.10 Å². The first-order valence-corrected chi connectivity index (χ1v) is 33.5. The molecule has 0 heterocycles. The fourth-order valence-corrected chi connectivity index (χ4v) is 9.20. The summed E-state index contributed by atoms with van der Waals surface area (Å²) < 4.78 is 16.9. The van der Waals surface area contributed by atoms with E-state index >= 15 is 0 Å². The van der Waals surface area contributed by atoms with Gasteiger partial charge in [-0.05, 0) is 116 Å². The van der Waals surface area contributed by atoms with Crippen LogP contribution >= 0.6 is 0 Å². The maximum absolute atomic E-state index is 12.9. The van der Waals surface area contributed by atoms with Crippen LogP contribution in [0.25, 0.3) is 0 Å². The summed E-state index contributed by atoms with van der Waals surface area (Å²) in [5, 5.41) is 0. The Morgan fingerprint density at radius 2 is 0.487 bits per heavy atom. The first kappa shape index (κ1) is 75.8. The van der Waals surface area contributed by atoms with Gasteiger partial charge < -0.3 is 14.2 Å². The summed E-state index contributed by atoms with van der Waals surface area (Å²) in [4.78, 5) is 38.2. The quantitative estimate of drug-likeness (QED) is 0.0261. The molecule has 80 heavy (non-hydrogen) atoms. The van der Waals surface area contributed by atoms with Gasteiger partial charge in [0.25, 0.3) is 0 Å². The predicted octanol–water partition coefficient (Wildman–Crippen LogP) is 23.2. The summed E-state index contributed by atoms with van der Waals surface area (Å²) in [6, 6.07) is 0. The second kappa shape index (κ2) is 67.3. The van der Waals surface area contributed by atoms with Gasteiger partial charge in [0.15, 0.2) is 6.10 Å². The van der Waals surface area contributed by atoms with Gasteiger partial charge in [0.2, 0.25) is 0 Å². The minimum absolute atomic E-state index is 0.0816. The molecule has 0 aliphatic carbocycles. The highest BCUT2D eigenvalue weighted by molar-refractivity contribution is 5.71. The van der Waals surface area contributed by atoms with E-state index in [4.69, 9.17) is 14.2 Å². The molecular formula is C74H124O6. The fraction of sp³-hybridized carbons (Fsp3) is 0.689. The van der Waals surface area contributed by atoms with Crippen molar-refractivity contribution in [2.24, 2.45) is 0 Å². The van der Waals surface area contributed by atoms with Crippen molar-refractivity contribution in [3.05, 3.63) is 122 Å². The van der Waals surface area contributed by atoms with E-state index in [1.165, 1.54) is 148 Å². The van der Waals surface area contributed by atoms with Gasteiger partial charge in [0, 0.05) is 19.3 Å². The lowest BCUT2D eigenvalue weighted by Gasteiger charge is -2.18. The highest BCUT2D eigenvalue weighted by Gasteiger charge is 2.19. The van der Waals surface area contributed by atoms with Crippen molar-refractivity contribution in [2.75, 3.05) is 13.2 Å². The third kappa shape index (κ3) is 64.6. The minimum atomic E-state index is -0.784. The van der Waals surface area contributed by atoms with E-state index in [-0.39, 0.29) is 31.1 Å². The summed E-state index contributed by atoms with van der Waals surface area (Å²) in [6.45, 7) is 6.49. The number of esters is 3. The summed E-state index contributed by atoms with van der Waals surface area (Å²) >= 11 is 0. The second-order valence-corrected chi connectivity index (χ2v) is 22.0. The van der Waals surface area contributed by atoms with Crippen molar-refractivity contribution in [1.29, 1.82) is 0 Å². The number of carbonyl (C=O) groups is 3. The van der Waals surface area contributed by atoms with Gasteiger partial charge in [-0.25, -0.2) is 0 Å². The molecule has 0 rings (SSSR count). The van der Waals surface area contributed by atoms with Crippen LogP contribution in [0, 0.1) is 0 Å². The molecule has 1 atom stereocenters. The number of carbonyl (C=O) groups excluding carboxylic acids is 3. The summed E-state index contributed by atoms with van der Waals surface area (Å²) in [6.07, 6.45) is 93.7. The Morgan fingerprint density at radius 1 is 0.263 bits per heavy atom. The molecular weight excluding hydrogens is 985 g/mol. The highest BCUT2D eigenvalue weighted by atomic mass is 16.6. The van der Waals surface area contributed by atoms with Crippen LogP contribution in [0.2, 0.25) is 0 Å². The van der Waals surface area contributed by atoms with Crippen molar-refractivity contribution in [2.45, 2.75) is 316 Å². The number of rotatable bonds is 60. The second-order valence-electron chi connectivity index (χ2n) is 22.0. The van der Waals surface area contributed by atoms with Crippen molar-refractivity contribution in [1.82, 2.24) is 0 Å². The molecule has 0 fully saturated rings. The number of ether oxygens (including phenoxy) is 3. The predicted molar refractivity (Wildman–Crippen MR) is 348 cm³/mol. The lowest BCUT2D eigenvalue weighted by atomic mass is 10.1. The van der Waals surface area contributed by atoms with E-state index in [2.05, 4.69) is 142 Å². The van der Waals surface area contributed by atoms with E-state index in [9.17, 15) is 14.4 Å². The van der Waals surface area contributed by atoms with E-state index in [1.807, 2.05) is 0 Å². The lowest BCUT2D eigenvalue weighted by Crippen LogP contribution is -2.30. The third-order valence-electron chi connectivity index (χ3n) is 14.2. The minimum Gasteiger partial charge on any atom is -0.462 e. The van der Waals surface area contributed by atoms with E-state index in [0.717, 1.165) is 122 Å². The molecule has 0 bridgehead atoms. The number of unbranched alkanes of at least 4 members (excludes halogenated alkanes) is 29. The normalized spacial score (nSPS) is 12.9. The van der Waals surface area contributed by atoms with E-state index in [0.29, 0.717) is 19.3 Å². The van der Waals surface area contributed by atoms with Gasteiger partial charge in [0.1, 0.15) is 13.2 Å². The zero-order chi connectivity index (χ0) is 57.8. The van der Waals surface area contributed by atoms with Crippen LogP contribution in [0.3, 0.4) is 0 Å². The first-order chi connectivity index (χ1) is 39.5. The summed E-state index contributed by atoms with van der Waals surface area (Å²) in [7, 11) is 0. The Labute approximate surface area is 494 Å². The van der Waals surface area contributed by atoms with Crippen LogP contribution < -0.4 is 0 Å². The Hall–Kier alpha value is -4.19. The van der Waals surface area contributed by atoms with Gasteiger partial charge in [-0.2, -0.15) is 0 Å². The zero-order valence-corrected chi connectivity index (χ0v) is 52.3. The monoisotopic (exact) mass is 1110 g/mol. The van der Waals surface area contributed by atoms with Crippen LogP contribution in [-0.4, -0.2) is 37.2 Å². The number of hydrogen-bond acceptors (Lipinski definition) is 6. The van der Waals surface area contributed by atoms with Crippen LogP contribution in [0.4, 0.5) is 0 Å². The topological polar surface area (TPSA) is 78.9 Å². The van der Waals surface area contributed by atoms with Gasteiger partial charge in [-0.1, -0.05) is 296 Å².